The average molecular weight is 579 g/mol. The van der Waals surface area contributed by atoms with Gasteiger partial charge in [0.1, 0.15) is 4.91 Å². The van der Waals surface area contributed by atoms with Gasteiger partial charge in [0, 0.05) is 11.8 Å². The summed E-state index contributed by atoms with van der Waals surface area (Å²) in [6, 6.07) is 17.9. The van der Waals surface area contributed by atoms with Gasteiger partial charge in [-0.25, -0.2) is 18.0 Å². The Labute approximate surface area is 229 Å². The second-order valence-electron chi connectivity index (χ2n) is 7.58. The Morgan fingerprint density at radius 3 is 2.45 bits per heavy atom. The standard InChI is InChI=1S/C23H20N2O4S2.C2H6O4S/c1-2-30-23-25(15-21(26)27)22(28)19(31-23)12-13-20-24(14-16-8-4-3-5-9-16)17-10-6-7-11-18(17)29-20;1-2-6-7(3,4)5/h3-13H,2,14-15H2,1H3;2H2,1H3,(H,3,4,5)/b19-12+,20-13+;. The second-order valence-corrected chi connectivity index (χ2v) is 11.2. The van der Waals surface area contributed by atoms with Crippen LogP contribution in [0.4, 0.5) is 5.69 Å². The van der Waals surface area contributed by atoms with Crippen molar-refractivity contribution >= 4 is 55.9 Å². The maximum absolute atomic E-state index is 12.8. The molecule has 0 spiro atoms. The zero-order valence-electron chi connectivity index (χ0n) is 20.6. The van der Waals surface area contributed by atoms with Crippen LogP contribution in [0, 0.1) is 0 Å². The van der Waals surface area contributed by atoms with Crippen LogP contribution in [0.1, 0.15) is 19.4 Å². The lowest BCUT2D eigenvalue weighted by Gasteiger charge is -2.18. The van der Waals surface area contributed by atoms with Crippen LogP contribution in [0.15, 0.2) is 77.5 Å². The highest BCUT2D eigenvalue weighted by atomic mass is 32.3. The van der Waals surface area contributed by atoms with Crippen LogP contribution in [-0.4, -0.2) is 57.8 Å². The molecule has 2 aliphatic heterocycles. The molecule has 0 saturated carbocycles. The Morgan fingerprint density at radius 1 is 1.16 bits per heavy atom. The maximum Gasteiger partial charge on any atom is 0.428 e. The molecule has 2 aromatic rings. The van der Waals surface area contributed by atoms with Crippen molar-refractivity contribution in [3.63, 3.8) is 0 Å². The number of hydrogen-bond acceptors (Lipinski definition) is 10. The van der Waals surface area contributed by atoms with Crippen molar-refractivity contribution in [3.05, 3.63) is 83.1 Å². The largest absolute Gasteiger partial charge is 0.726 e. The molecule has 0 bridgehead atoms. The molecule has 0 atom stereocenters. The van der Waals surface area contributed by atoms with E-state index in [0.717, 1.165) is 22.8 Å². The number of nitrogens with zero attached hydrogens (tertiary/aromatic N) is 2. The Kier molecular flexibility index (Phi) is 10.6. The minimum Gasteiger partial charge on any atom is -0.726 e. The molecule has 0 radical (unpaired) electrons. The molecular weight excluding hydrogens is 552 g/mol. The van der Waals surface area contributed by atoms with Crippen LogP contribution in [0.5, 0.6) is 5.75 Å². The number of rotatable bonds is 8. The maximum atomic E-state index is 12.8. The predicted octanol–water partition coefficient (Wildman–Crippen LogP) is 3.77. The number of aliphatic carboxylic acids is 1. The van der Waals surface area contributed by atoms with Crippen LogP contribution in [0.3, 0.4) is 0 Å². The lowest BCUT2D eigenvalue weighted by Crippen LogP contribution is -2.26. The average Bonchev–Trinajstić information content (AvgIpc) is 3.35. The van der Waals surface area contributed by atoms with Gasteiger partial charge in [-0.3, -0.25) is 4.18 Å². The molecule has 0 fully saturated rings. The fraction of sp³-hybridized carbons (Fsp3) is 0.240. The van der Waals surface area contributed by atoms with Gasteiger partial charge in [0.2, 0.25) is 22.8 Å². The van der Waals surface area contributed by atoms with Crippen molar-refractivity contribution in [2.24, 2.45) is 0 Å². The molecule has 13 heteroatoms. The monoisotopic (exact) mass is 578 g/mol. The number of amides is 1. The third-order valence-corrected chi connectivity index (χ3v) is 7.70. The number of anilines is 1. The van der Waals surface area contributed by atoms with Crippen molar-refractivity contribution in [2.45, 2.75) is 20.4 Å². The van der Waals surface area contributed by atoms with Crippen LogP contribution in [-0.2, 0) is 30.7 Å². The Morgan fingerprint density at radius 2 is 1.84 bits per heavy atom. The number of fused-ring (bicyclic) bond motifs is 1. The van der Waals surface area contributed by atoms with Crippen LogP contribution in [0.25, 0.3) is 0 Å². The lowest BCUT2D eigenvalue weighted by molar-refractivity contribution is -0.429. The lowest BCUT2D eigenvalue weighted by atomic mass is 10.2. The molecule has 38 heavy (non-hydrogen) atoms. The number of carbonyl (C=O) groups is 2. The second kappa shape index (κ2) is 13.6. The summed E-state index contributed by atoms with van der Waals surface area (Å²) in [6.45, 7) is 3.59. The first-order valence-electron chi connectivity index (χ1n) is 11.4. The fourth-order valence-corrected chi connectivity index (χ4v) is 5.89. The summed E-state index contributed by atoms with van der Waals surface area (Å²) in [5.74, 6) is 0.794. The molecular formula is C25H26N2O8S3. The zero-order valence-corrected chi connectivity index (χ0v) is 23.1. The van der Waals surface area contributed by atoms with Crippen LogP contribution in [0.2, 0.25) is 0 Å². The van der Waals surface area contributed by atoms with E-state index in [9.17, 15) is 22.6 Å². The normalized spacial score (nSPS) is 16.9. The minimum absolute atomic E-state index is 0.0914. The van der Waals surface area contributed by atoms with E-state index >= 15 is 0 Å². The van der Waals surface area contributed by atoms with E-state index < -0.39 is 16.4 Å². The first-order valence-corrected chi connectivity index (χ1v) is 14.6. The van der Waals surface area contributed by atoms with Crippen molar-refractivity contribution in [1.29, 1.82) is 0 Å². The Bertz CT molecular complexity index is 1370. The molecule has 0 aromatic heterocycles. The summed E-state index contributed by atoms with van der Waals surface area (Å²) >= 11 is 2.77. The number of allylic oxidation sites excluding steroid dienone is 2. The van der Waals surface area contributed by atoms with Crippen molar-refractivity contribution in [2.75, 3.05) is 23.8 Å². The van der Waals surface area contributed by atoms with E-state index in [-0.39, 0.29) is 19.1 Å². The summed E-state index contributed by atoms with van der Waals surface area (Å²) < 4.78 is 40.1. The van der Waals surface area contributed by atoms with Gasteiger partial charge in [-0.1, -0.05) is 49.4 Å². The molecule has 2 heterocycles. The highest BCUT2D eigenvalue weighted by Crippen LogP contribution is 2.40. The van der Waals surface area contributed by atoms with Crippen LogP contribution >= 0.6 is 23.5 Å². The third-order valence-electron chi connectivity index (χ3n) is 4.89. The number of carbonyl (C=O) groups excluding carboxylic acids is 1. The molecule has 0 saturated heterocycles. The summed E-state index contributed by atoms with van der Waals surface area (Å²) in [6.07, 6.45) is 3.49. The first-order chi connectivity index (χ1) is 18.1. The van der Waals surface area contributed by atoms with E-state index in [1.54, 1.807) is 12.2 Å². The summed E-state index contributed by atoms with van der Waals surface area (Å²) in [7, 11) is -4.42. The predicted molar refractivity (Wildman–Crippen MR) is 146 cm³/mol. The number of benzene rings is 2. The molecule has 10 nitrogen and oxygen atoms in total. The SMILES string of the molecule is CCOS(=O)(=O)[O-].CCSC1=[N+](CC(=O)O)C(=O)/C(=C\C=C2\Oc3ccccc3N2Cc2ccccc2)S1. The quantitative estimate of drug-likeness (QED) is 0.212. The third kappa shape index (κ3) is 8.20. The van der Waals surface area contributed by atoms with Gasteiger partial charge in [0.15, 0.2) is 5.75 Å². The number of para-hydroxylation sites is 2. The van der Waals surface area contributed by atoms with Crippen molar-refractivity contribution in [3.8, 4) is 5.75 Å². The number of hydrogen-bond donors (Lipinski definition) is 1. The van der Waals surface area contributed by atoms with Crippen molar-refractivity contribution in [1.82, 2.24) is 0 Å². The fourth-order valence-electron chi connectivity index (χ4n) is 3.41. The highest BCUT2D eigenvalue weighted by molar-refractivity contribution is 8.40. The summed E-state index contributed by atoms with van der Waals surface area (Å²) in [4.78, 5) is 26.5. The van der Waals surface area contributed by atoms with E-state index in [1.165, 1.54) is 35.0 Å². The van der Waals surface area contributed by atoms with Crippen LogP contribution < -0.4 is 9.64 Å². The molecule has 0 unspecified atom stereocenters. The minimum atomic E-state index is -4.42. The van der Waals surface area contributed by atoms with Gasteiger partial charge in [-0.15, -0.1) is 4.58 Å². The number of ether oxygens (including phenoxy) is 1. The summed E-state index contributed by atoms with van der Waals surface area (Å²) in [5, 5.41) is 9.16. The van der Waals surface area contributed by atoms with Gasteiger partial charge in [0.25, 0.3) is 4.38 Å². The van der Waals surface area contributed by atoms with Gasteiger partial charge in [-0.05, 0) is 54.2 Å². The zero-order chi connectivity index (χ0) is 27.7. The van der Waals surface area contributed by atoms with Gasteiger partial charge < -0.3 is 19.3 Å². The molecule has 2 aromatic carbocycles. The number of carboxylic acids is 1. The molecule has 4 rings (SSSR count). The molecule has 1 N–H and O–H groups in total. The Hall–Kier alpha value is -3.10. The van der Waals surface area contributed by atoms with E-state index in [1.807, 2.05) is 49.4 Å². The van der Waals surface area contributed by atoms with Gasteiger partial charge in [0.05, 0.1) is 18.8 Å². The van der Waals surface area contributed by atoms with E-state index in [0.29, 0.717) is 21.7 Å². The van der Waals surface area contributed by atoms with E-state index in [2.05, 4.69) is 21.2 Å². The summed E-state index contributed by atoms with van der Waals surface area (Å²) in [5.41, 5.74) is 2.10. The molecule has 0 aliphatic carbocycles. The van der Waals surface area contributed by atoms with Gasteiger partial charge >= 0.3 is 11.9 Å². The molecule has 202 valence electrons. The van der Waals surface area contributed by atoms with Crippen molar-refractivity contribution < 1.29 is 41.2 Å². The highest BCUT2D eigenvalue weighted by Gasteiger charge is 2.39. The van der Waals surface area contributed by atoms with Gasteiger partial charge in [-0.2, -0.15) is 0 Å². The smallest absolute Gasteiger partial charge is 0.428 e. The number of carboxylic acid groups (broad SMARTS) is 1. The van der Waals surface area contributed by atoms with E-state index in [4.69, 9.17) is 9.84 Å². The first kappa shape index (κ1) is 29.5. The molecule has 2 aliphatic rings. The topological polar surface area (TPSA) is 136 Å². The Balaban J connectivity index is 0.000000505. The number of thioether (sulfide) groups is 2. The molecule has 1 amide bonds.